The number of likely N-dealkylation sites (tertiary alicyclic amines) is 1. The molecule has 4 amide bonds. The first-order chi connectivity index (χ1) is 14.3. The number of nitrogens with one attached hydrogen (secondary N) is 2. The Kier molecular flexibility index (Phi) is 7.06. The first kappa shape index (κ1) is 22.2. The lowest BCUT2D eigenvalue weighted by molar-refractivity contribution is 0.0552. The van der Waals surface area contributed by atoms with E-state index in [9.17, 15) is 22.8 Å². The van der Waals surface area contributed by atoms with Gasteiger partial charge in [0.25, 0.3) is 0 Å². The molecule has 1 saturated carbocycles. The fourth-order valence-corrected chi connectivity index (χ4v) is 4.00. The molecule has 1 heterocycles. The zero-order valence-electron chi connectivity index (χ0n) is 17.1. The van der Waals surface area contributed by atoms with Crippen LogP contribution in [0.5, 0.6) is 0 Å². The van der Waals surface area contributed by atoms with Gasteiger partial charge in [0.2, 0.25) is 0 Å². The smallest absolute Gasteiger partial charge is 0.318 e. The van der Waals surface area contributed by atoms with Crippen LogP contribution in [0.3, 0.4) is 0 Å². The molecule has 1 aliphatic heterocycles. The van der Waals surface area contributed by atoms with Gasteiger partial charge >= 0.3 is 12.1 Å². The second-order valence-electron chi connectivity index (χ2n) is 7.83. The van der Waals surface area contributed by atoms with Crippen molar-refractivity contribution in [1.82, 2.24) is 20.4 Å². The van der Waals surface area contributed by atoms with E-state index in [4.69, 9.17) is 4.74 Å². The molecule has 2 aliphatic rings. The van der Waals surface area contributed by atoms with Crippen molar-refractivity contribution in [3.8, 4) is 0 Å². The van der Waals surface area contributed by atoms with Crippen LogP contribution in [-0.2, 0) is 11.3 Å². The molecule has 2 fully saturated rings. The summed E-state index contributed by atoms with van der Waals surface area (Å²) in [4.78, 5) is 28.5. The second kappa shape index (κ2) is 9.55. The minimum absolute atomic E-state index is 0.0395. The summed E-state index contributed by atoms with van der Waals surface area (Å²) in [6.07, 6.45) is 2.36. The Balaban J connectivity index is 1.71. The van der Waals surface area contributed by atoms with Gasteiger partial charge in [-0.2, -0.15) is 0 Å². The Morgan fingerprint density at radius 3 is 2.47 bits per heavy atom. The Morgan fingerprint density at radius 1 is 1.13 bits per heavy atom. The molecule has 0 radical (unpaired) electrons. The van der Waals surface area contributed by atoms with Crippen molar-refractivity contribution in [2.24, 2.45) is 5.92 Å². The van der Waals surface area contributed by atoms with E-state index >= 15 is 0 Å². The highest BCUT2D eigenvalue weighted by molar-refractivity contribution is 5.76. The summed E-state index contributed by atoms with van der Waals surface area (Å²) < 4.78 is 45.7. The summed E-state index contributed by atoms with van der Waals surface area (Å²) in [7, 11) is 3.15. The largest absolute Gasteiger partial charge is 0.384 e. The summed E-state index contributed by atoms with van der Waals surface area (Å²) in [6, 6.07) is 0.390. The van der Waals surface area contributed by atoms with Gasteiger partial charge in [0.15, 0.2) is 11.6 Å². The molecule has 0 spiro atoms. The normalized spacial score (nSPS) is 21.3. The lowest BCUT2D eigenvalue weighted by Crippen LogP contribution is -2.58. The average molecular weight is 428 g/mol. The van der Waals surface area contributed by atoms with Crippen molar-refractivity contribution < 1.29 is 27.5 Å². The highest BCUT2D eigenvalue weighted by atomic mass is 19.2. The van der Waals surface area contributed by atoms with Crippen LogP contribution in [-0.4, -0.2) is 67.8 Å². The van der Waals surface area contributed by atoms with Crippen LogP contribution in [0.4, 0.5) is 22.8 Å². The number of carbonyl (C=O) groups is 2. The average Bonchev–Trinajstić information content (AvgIpc) is 3.54. The van der Waals surface area contributed by atoms with Crippen molar-refractivity contribution in [3.05, 3.63) is 35.1 Å². The third-order valence-electron chi connectivity index (χ3n) is 5.51. The number of amides is 4. The molecule has 1 saturated heterocycles. The molecule has 30 heavy (non-hydrogen) atoms. The van der Waals surface area contributed by atoms with Gasteiger partial charge in [0.1, 0.15) is 5.82 Å². The van der Waals surface area contributed by atoms with Gasteiger partial charge in [-0.25, -0.2) is 22.8 Å². The number of methoxy groups -OCH3 is 1. The summed E-state index contributed by atoms with van der Waals surface area (Å²) in [6.45, 7) is 1.11. The van der Waals surface area contributed by atoms with Crippen molar-refractivity contribution in [2.75, 3.05) is 33.9 Å². The van der Waals surface area contributed by atoms with Gasteiger partial charge in [-0.05, 0) is 25.3 Å². The van der Waals surface area contributed by atoms with Crippen molar-refractivity contribution in [1.29, 1.82) is 0 Å². The number of hydrogen-bond acceptors (Lipinski definition) is 3. The predicted octanol–water partition coefficient (Wildman–Crippen LogP) is 2.45. The molecule has 1 aromatic rings. The summed E-state index contributed by atoms with van der Waals surface area (Å²) in [5, 5.41) is 5.23. The fourth-order valence-electron chi connectivity index (χ4n) is 4.00. The number of rotatable bonds is 6. The Hall–Kier alpha value is -2.49. The van der Waals surface area contributed by atoms with Gasteiger partial charge < -0.3 is 25.2 Å². The van der Waals surface area contributed by atoms with E-state index in [1.165, 1.54) is 0 Å². The van der Waals surface area contributed by atoms with Crippen LogP contribution >= 0.6 is 0 Å². The molecule has 1 aliphatic carbocycles. The highest BCUT2D eigenvalue weighted by Gasteiger charge is 2.41. The Morgan fingerprint density at radius 2 is 1.83 bits per heavy atom. The Labute approximate surface area is 173 Å². The van der Waals surface area contributed by atoms with E-state index in [0.29, 0.717) is 32.2 Å². The number of piperidine rings is 1. The number of halogens is 3. The van der Waals surface area contributed by atoms with Crippen LogP contribution in [0.15, 0.2) is 12.1 Å². The first-order valence-corrected chi connectivity index (χ1v) is 9.99. The number of hydrogen-bond donors (Lipinski definition) is 2. The van der Waals surface area contributed by atoms with Gasteiger partial charge in [-0.15, -0.1) is 0 Å². The SMILES string of the molecule is CNC(=O)N1CC(N(C(=O)NCc2cc(F)c(F)cc2F)C2CC2)C[C@H](COC)C1. The first-order valence-electron chi connectivity index (χ1n) is 9.99. The monoisotopic (exact) mass is 428 g/mol. The third-order valence-corrected chi connectivity index (χ3v) is 5.51. The third kappa shape index (κ3) is 5.16. The van der Waals surface area contributed by atoms with Gasteiger partial charge in [-0.3, -0.25) is 0 Å². The van der Waals surface area contributed by atoms with Crippen LogP contribution in [0.25, 0.3) is 0 Å². The summed E-state index contributed by atoms with van der Waals surface area (Å²) in [5.41, 5.74) is -0.133. The zero-order chi connectivity index (χ0) is 21.8. The van der Waals surface area contributed by atoms with Crippen molar-refractivity contribution in [3.63, 3.8) is 0 Å². The number of ether oxygens (including phenoxy) is 1. The van der Waals surface area contributed by atoms with Crippen LogP contribution in [0.2, 0.25) is 0 Å². The summed E-state index contributed by atoms with van der Waals surface area (Å²) in [5.74, 6) is -3.29. The summed E-state index contributed by atoms with van der Waals surface area (Å²) >= 11 is 0. The maximum Gasteiger partial charge on any atom is 0.318 e. The van der Waals surface area contributed by atoms with Crippen LogP contribution in [0.1, 0.15) is 24.8 Å². The number of benzene rings is 1. The highest BCUT2D eigenvalue weighted by Crippen LogP contribution is 2.33. The molecule has 7 nitrogen and oxygen atoms in total. The molecule has 0 aromatic heterocycles. The molecule has 0 bridgehead atoms. The number of nitrogens with zero attached hydrogens (tertiary/aromatic N) is 2. The maximum atomic E-state index is 13.9. The number of carbonyl (C=O) groups excluding carboxylic acids is 2. The second-order valence-corrected chi connectivity index (χ2v) is 7.83. The molecule has 1 aromatic carbocycles. The van der Waals surface area contributed by atoms with E-state index in [1.54, 1.807) is 24.0 Å². The minimum atomic E-state index is -1.28. The minimum Gasteiger partial charge on any atom is -0.384 e. The molecule has 2 N–H and O–H groups in total. The molecule has 166 valence electrons. The standard InChI is InChI=1S/C20H27F3N4O3/c1-24-19(28)26-9-12(11-30-2)5-15(10-26)27(14-3-4-14)20(29)25-8-13-6-17(22)18(23)7-16(13)21/h6-7,12,14-15H,3-5,8-11H2,1-2H3,(H,24,28)(H,25,29)/t12-,15?/m0/s1. The Bertz CT molecular complexity index is 791. The van der Waals surface area contributed by atoms with E-state index in [-0.39, 0.29) is 36.1 Å². The molecule has 1 unspecified atom stereocenters. The molecule has 2 atom stereocenters. The molecule has 3 rings (SSSR count). The van der Waals surface area contributed by atoms with Crippen LogP contribution < -0.4 is 10.6 Å². The van der Waals surface area contributed by atoms with Crippen molar-refractivity contribution >= 4 is 12.1 Å². The predicted molar refractivity (Wildman–Crippen MR) is 103 cm³/mol. The van der Waals surface area contributed by atoms with Gasteiger partial charge in [0, 0.05) is 57.4 Å². The van der Waals surface area contributed by atoms with Crippen molar-refractivity contribution in [2.45, 2.75) is 37.9 Å². The van der Waals surface area contributed by atoms with E-state index in [1.807, 2.05) is 0 Å². The number of urea groups is 2. The molecular formula is C20H27F3N4O3. The van der Waals surface area contributed by atoms with E-state index < -0.39 is 23.5 Å². The van der Waals surface area contributed by atoms with E-state index in [2.05, 4.69) is 10.6 Å². The lowest BCUT2D eigenvalue weighted by atomic mass is 9.94. The lowest BCUT2D eigenvalue weighted by Gasteiger charge is -2.42. The van der Waals surface area contributed by atoms with E-state index in [0.717, 1.165) is 18.9 Å². The quantitative estimate of drug-likeness (QED) is 0.684. The zero-order valence-corrected chi connectivity index (χ0v) is 17.1. The molecule has 10 heteroatoms. The van der Waals surface area contributed by atoms with Crippen LogP contribution in [0, 0.1) is 23.4 Å². The topological polar surface area (TPSA) is 73.9 Å². The van der Waals surface area contributed by atoms with Gasteiger partial charge in [-0.1, -0.05) is 0 Å². The fraction of sp³-hybridized carbons (Fsp3) is 0.600. The maximum absolute atomic E-state index is 13.9. The van der Waals surface area contributed by atoms with Gasteiger partial charge in [0.05, 0.1) is 12.6 Å². The molecular weight excluding hydrogens is 401 g/mol.